The van der Waals surface area contributed by atoms with Crippen LogP contribution in [0.15, 0.2) is 0 Å². The maximum Gasteiger partial charge on any atom is 0.0108 e. The van der Waals surface area contributed by atoms with Crippen LogP contribution in [0.2, 0.25) is 0 Å². The van der Waals surface area contributed by atoms with Gasteiger partial charge in [-0.3, -0.25) is 4.90 Å². The van der Waals surface area contributed by atoms with E-state index in [9.17, 15) is 0 Å². The minimum Gasteiger partial charge on any atom is -0.329 e. The summed E-state index contributed by atoms with van der Waals surface area (Å²) in [5, 5.41) is 3.29. The Balaban J connectivity index is 0.000000810. The lowest BCUT2D eigenvalue weighted by molar-refractivity contribution is 0.247. The molecule has 0 saturated carbocycles. The maximum atomic E-state index is 5.40. The van der Waals surface area contributed by atoms with Crippen LogP contribution >= 0.6 is 12.4 Å². The third kappa shape index (κ3) is 3.37. The van der Waals surface area contributed by atoms with Crippen molar-refractivity contribution in [1.82, 2.24) is 10.2 Å². The Morgan fingerprint density at radius 3 is 2.40 bits per heavy atom. The summed E-state index contributed by atoms with van der Waals surface area (Å²) in [6, 6.07) is 0. The summed E-state index contributed by atoms with van der Waals surface area (Å²) in [5.41, 5.74) is 5.40. The van der Waals surface area contributed by atoms with E-state index in [2.05, 4.69) is 10.2 Å². The number of hydrogen-bond donors (Lipinski definition) is 2. The predicted octanol–water partition coefficient (Wildman–Crippen LogP) is -0.728. The molecule has 1 rings (SSSR count). The number of nitrogens with zero attached hydrogens (tertiary/aromatic N) is 1. The standard InChI is InChI=1S/C6H15N3.ClH/c7-1-4-9-5-2-8-3-6-9;/h8H,1-7H2;1H. The highest BCUT2D eigenvalue weighted by molar-refractivity contribution is 5.85. The Kier molecular flexibility index (Phi) is 6.02. The lowest BCUT2D eigenvalue weighted by atomic mass is 10.3. The first kappa shape index (κ1) is 10.2. The lowest BCUT2D eigenvalue weighted by Gasteiger charge is -2.26. The number of piperazine rings is 1. The molecule has 4 heteroatoms. The molecule has 0 radical (unpaired) electrons. The second-order valence-corrected chi connectivity index (χ2v) is 2.38. The molecule has 3 nitrogen and oxygen atoms in total. The van der Waals surface area contributed by atoms with Crippen LogP contribution in [-0.4, -0.2) is 44.2 Å². The van der Waals surface area contributed by atoms with Crippen molar-refractivity contribution < 1.29 is 0 Å². The van der Waals surface area contributed by atoms with E-state index >= 15 is 0 Å². The van der Waals surface area contributed by atoms with Crippen molar-refractivity contribution in [3.8, 4) is 0 Å². The second kappa shape index (κ2) is 5.92. The van der Waals surface area contributed by atoms with Gasteiger partial charge in [0.15, 0.2) is 0 Å². The molecule has 1 fully saturated rings. The molecule has 0 atom stereocenters. The van der Waals surface area contributed by atoms with Crippen molar-refractivity contribution in [2.24, 2.45) is 5.73 Å². The molecule has 62 valence electrons. The largest absolute Gasteiger partial charge is 0.329 e. The SMILES string of the molecule is Cl.NCCN1CCNCC1. The van der Waals surface area contributed by atoms with E-state index in [1.807, 2.05) is 0 Å². The number of nitrogens with two attached hydrogens (primary N) is 1. The van der Waals surface area contributed by atoms with E-state index in [4.69, 9.17) is 5.73 Å². The van der Waals surface area contributed by atoms with Crippen LogP contribution in [0.5, 0.6) is 0 Å². The summed E-state index contributed by atoms with van der Waals surface area (Å²) in [4.78, 5) is 2.39. The Morgan fingerprint density at radius 1 is 1.30 bits per heavy atom. The summed E-state index contributed by atoms with van der Waals surface area (Å²) in [6.07, 6.45) is 0. The minimum absolute atomic E-state index is 0. The monoisotopic (exact) mass is 165 g/mol. The highest BCUT2D eigenvalue weighted by Gasteiger charge is 2.06. The molecule has 0 aliphatic carbocycles. The third-order valence-corrected chi connectivity index (χ3v) is 1.65. The highest BCUT2D eigenvalue weighted by Crippen LogP contribution is 1.88. The van der Waals surface area contributed by atoms with Gasteiger partial charge in [-0.1, -0.05) is 0 Å². The Morgan fingerprint density at radius 2 is 1.90 bits per heavy atom. The number of nitrogens with one attached hydrogen (secondary N) is 1. The van der Waals surface area contributed by atoms with Crippen molar-refractivity contribution in [3.63, 3.8) is 0 Å². The molecule has 1 heterocycles. The van der Waals surface area contributed by atoms with Gasteiger partial charge in [0.25, 0.3) is 0 Å². The van der Waals surface area contributed by atoms with Gasteiger partial charge in [-0.2, -0.15) is 0 Å². The molecule has 1 aliphatic heterocycles. The van der Waals surface area contributed by atoms with E-state index < -0.39 is 0 Å². The zero-order chi connectivity index (χ0) is 6.53. The van der Waals surface area contributed by atoms with Crippen LogP contribution in [0, 0.1) is 0 Å². The van der Waals surface area contributed by atoms with Gasteiger partial charge in [-0.05, 0) is 0 Å². The molecule has 0 spiro atoms. The number of rotatable bonds is 2. The Hall–Kier alpha value is 0.170. The van der Waals surface area contributed by atoms with Crippen molar-refractivity contribution in [3.05, 3.63) is 0 Å². The van der Waals surface area contributed by atoms with Crippen LogP contribution < -0.4 is 11.1 Å². The lowest BCUT2D eigenvalue weighted by Crippen LogP contribution is -2.45. The quantitative estimate of drug-likeness (QED) is 0.567. The second-order valence-electron chi connectivity index (χ2n) is 2.38. The van der Waals surface area contributed by atoms with Crippen LogP contribution in [0.25, 0.3) is 0 Å². The van der Waals surface area contributed by atoms with Crippen molar-refractivity contribution in [2.75, 3.05) is 39.3 Å². The van der Waals surface area contributed by atoms with Crippen LogP contribution in [0.1, 0.15) is 0 Å². The van der Waals surface area contributed by atoms with E-state index in [1.165, 1.54) is 0 Å². The summed E-state index contributed by atoms with van der Waals surface area (Å²) in [6.45, 7) is 6.43. The molecule has 0 amide bonds. The molecular formula is C6H16ClN3. The molecule has 0 bridgehead atoms. The van der Waals surface area contributed by atoms with Gasteiger partial charge < -0.3 is 11.1 Å². The van der Waals surface area contributed by atoms with Gasteiger partial charge in [0.05, 0.1) is 0 Å². The van der Waals surface area contributed by atoms with Gasteiger partial charge in [-0.25, -0.2) is 0 Å². The normalized spacial score (nSPS) is 20.1. The molecule has 1 saturated heterocycles. The predicted molar refractivity (Wildman–Crippen MR) is 45.6 cm³/mol. The zero-order valence-corrected chi connectivity index (χ0v) is 6.99. The smallest absolute Gasteiger partial charge is 0.0108 e. The summed E-state index contributed by atoms with van der Waals surface area (Å²) < 4.78 is 0. The van der Waals surface area contributed by atoms with Crippen molar-refractivity contribution in [2.45, 2.75) is 0 Å². The topological polar surface area (TPSA) is 41.3 Å². The molecule has 0 aromatic rings. The molecule has 10 heavy (non-hydrogen) atoms. The molecule has 0 aromatic heterocycles. The molecule has 3 N–H and O–H groups in total. The molecule has 1 aliphatic rings. The molecule has 0 unspecified atom stereocenters. The minimum atomic E-state index is 0. The van der Waals surface area contributed by atoms with Crippen LogP contribution in [0.4, 0.5) is 0 Å². The first-order chi connectivity index (χ1) is 4.43. The van der Waals surface area contributed by atoms with Crippen LogP contribution in [0.3, 0.4) is 0 Å². The maximum absolute atomic E-state index is 5.40. The Labute approximate surface area is 68.4 Å². The van der Waals surface area contributed by atoms with E-state index in [0.29, 0.717) is 0 Å². The highest BCUT2D eigenvalue weighted by atomic mass is 35.5. The van der Waals surface area contributed by atoms with E-state index in [0.717, 1.165) is 39.3 Å². The first-order valence-corrected chi connectivity index (χ1v) is 3.56. The van der Waals surface area contributed by atoms with Gasteiger partial charge in [0, 0.05) is 39.3 Å². The van der Waals surface area contributed by atoms with Crippen LogP contribution in [-0.2, 0) is 0 Å². The van der Waals surface area contributed by atoms with Gasteiger partial charge >= 0.3 is 0 Å². The number of halogens is 1. The third-order valence-electron chi connectivity index (χ3n) is 1.65. The van der Waals surface area contributed by atoms with Gasteiger partial charge in [0.1, 0.15) is 0 Å². The molecule has 0 aromatic carbocycles. The fourth-order valence-electron chi connectivity index (χ4n) is 1.12. The fraction of sp³-hybridized carbons (Fsp3) is 1.00. The summed E-state index contributed by atoms with van der Waals surface area (Å²) >= 11 is 0. The number of hydrogen-bond acceptors (Lipinski definition) is 3. The first-order valence-electron chi connectivity index (χ1n) is 3.56. The Bertz CT molecular complexity index is 70.6. The summed E-state index contributed by atoms with van der Waals surface area (Å²) in [7, 11) is 0. The zero-order valence-electron chi connectivity index (χ0n) is 6.18. The van der Waals surface area contributed by atoms with E-state index in [-0.39, 0.29) is 12.4 Å². The van der Waals surface area contributed by atoms with Crippen molar-refractivity contribution >= 4 is 12.4 Å². The van der Waals surface area contributed by atoms with Gasteiger partial charge in [0.2, 0.25) is 0 Å². The van der Waals surface area contributed by atoms with Crippen molar-refractivity contribution in [1.29, 1.82) is 0 Å². The van der Waals surface area contributed by atoms with Gasteiger partial charge in [-0.15, -0.1) is 12.4 Å². The average Bonchev–Trinajstić information content (AvgIpc) is 1.91. The average molecular weight is 166 g/mol. The molecular weight excluding hydrogens is 150 g/mol. The van der Waals surface area contributed by atoms with E-state index in [1.54, 1.807) is 0 Å². The fourth-order valence-corrected chi connectivity index (χ4v) is 1.12. The summed E-state index contributed by atoms with van der Waals surface area (Å²) in [5.74, 6) is 0.